The predicted octanol–water partition coefficient (Wildman–Crippen LogP) is 7.85. The van der Waals surface area contributed by atoms with E-state index in [4.69, 9.17) is 24.3 Å². The lowest BCUT2D eigenvalue weighted by Gasteiger charge is -2.39. The summed E-state index contributed by atoms with van der Waals surface area (Å²) < 4.78 is 20.5. The maximum absolute atomic E-state index is 13.3. The number of carbonyl (C=O) groups excluding carboxylic acids is 1. The predicted molar refractivity (Wildman–Crippen MR) is 207 cm³/mol. The van der Waals surface area contributed by atoms with Crippen LogP contribution in [-0.4, -0.2) is 96.2 Å². The lowest BCUT2D eigenvalue weighted by Crippen LogP contribution is -2.48. The van der Waals surface area contributed by atoms with Gasteiger partial charge in [-0.1, -0.05) is 45.3 Å². The molecule has 0 unspecified atom stereocenters. The molecule has 13 heteroatoms. The molecular formula is C38H60N6O5Si2. The first kappa shape index (κ1) is 37.9. The van der Waals surface area contributed by atoms with Crippen molar-refractivity contribution in [1.29, 1.82) is 0 Å². The number of hydrogen-bond donors (Lipinski definition) is 1. The van der Waals surface area contributed by atoms with Gasteiger partial charge in [0.15, 0.2) is 5.65 Å². The fraction of sp³-hybridized carbons (Fsp3) is 0.684. The van der Waals surface area contributed by atoms with Crippen LogP contribution in [-0.2, 0) is 19.8 Å². The zero-order chi connectivity index (χ0) is 36.8. The molecule has 0 aromatic carbocycles. The average molecular weight is 737 g/mol. The summed E-state index contributed by atoms with van der Waals surface area (Å²) in [6.45, 7) is 22.1. The molecule has 0 spiro atoms. The molecule has 2 aliphatic heterocycles. The van der Waals surface area contributed by atoms with Crippen molar-refractivity contribution in [2.24, 2.45) is 0 Å². The van der Waals surface area contributed by atoms with Crippen molar-refractivity contribution in [2.75, 3.05) is 31.6 Å². The van der Waals surface area contributed by atoms with Crippen LogP contribution in [0.3, 0.4) is 0 Å². The molecule has 51 heavy (non-hydrogen) atoms. The van der Waals surface area contributed by atoms with Crippen LogP contribution in [0.4, 0.5) is 10.6 Å². The summed E-state index contributed by atoms with van der Waals surface area (Å²) in [7, 11) is -2.55. The van der Waals surface area contributed by atoms with E-state index >= 15 is 0 Å². The third-order valence-electron chi connectivity index (χ3n) is 10.3. The van der Waals surface area contributed by atoms with Gasteiger partial charge in [-0.3, -0.25) is 4.98 Å². The van der Waals surface area contributed by atoms with Gasteiger partial charge in [-0.15, -0.1) is 0 Å². The van der Waals surface area contributed by atoms with Crippen LogP contribution in [0.2, 0.25) is 51.4 Å². The van der Waals surface area contributed by atoms with E-state index < -0.39 is 27.3 Å². The third kappa shape index (κ3) is 9.40. The highest BCUT2D eigenvalue weighted by Crippen LogP contribution is 2.46. The Morgan fingerprint density at radius 2 is 1.57 bits per heavy atom. The molecule has 5 heterocycles. The van der Waals surface area contributed by atoms with Gasteiger partial charge in [0.2, 0.25) is 0 Å². The number of aliphatic hydroxyl groups is 1. The molecule has 3 aromatic heterocycles. The van der Waals surface area contributed by atoms with Gasteiger partial charge in [0.05, 0.1) is 11.9 Å². The highest BCUT2D eigenvalue weighted by Gasteiger charge is 2.46. The number of anilines is 1. The minimum absolute atomic E-state index is 0.116. The smallest absolute Gasteiger partial charge is 0.410 e. The fourth-order valence-electron chi connectivity index (χ4n) is 7.11. The Kier molecular flexibility index (Phi) is 10.8. The molecule has 0 radical (unpaired) electrons. The minimum atomic E-state index is -1.27. The van der Waals surface area contributed by atoms with E-state index in [1.807, 2.05) is 54.7 Å². The average Bonchev–Trinajstić information content (AvgIpc) is 3.54. The highest BCUT2D eigenvalue weighted by molar-refractivity contribution is 6.76. The van der Waals surface area contributed by atoms with Crippen molar-refractivity contribution in [3.8, 4) is 11.1 Å². The monoisotopic (exact) mass is 736 g/mol. The van der Waals surface area contributed by atoms with Crippen molar-refractivity contribution >= 4 is 33.7 Å². The zero-order valence-electron chi connectivity index (χ0n) is 32.4. The number of hydrogen-bond acceptors (Lipinski definition) is 9. The molecule has 1 saturated carbocycles. The molecule has 3 aromatic rings. The van der Waals surface area contributed by atoms with E-state index in [1.165, 1.54) is 0 Å². The van der Waals surface area contributed by atoms with Crippen LogP contribution in [0.5, 0.6) is 0 Å². The summed E-state index contributed by atoms with van der Waals surface area (Å²) in [5.41, 5.74) is 2.91. The molecule has 3 fully saturated rings. The number of piperidine rings is 1. The van der Waals surface area contributed by atoms with Gasteiger partial charge in [0, 0.05) is 76.4 Å². The second-order valence-corrected chi connectivity index (χ2v) is 29.7. The first-order valence-electron chi connectivity index (χ1n) is 18.9. The van der Waals surface area contributed by atoms with Gasteiger partial charge in [0.1, 0.15) is 30.5 Å². The van der Waals surface area contributed by atoms with Crippen LogP contribution >= 0.6 is 0 Å². The number of rotatable bonds is 14. The molecule has 1 aliphatic carbocycles. The molecule has 2 saturated heterocycles. The number of pyridine rings is 1. The molecule has 280 valence electrons. The Balaban J connectivity index is 1.35. The van der Waals surface area contributed by atoms with Gasteiger partial charge >= 0.3 is 6.09 Å². The second kappa shape index (κ2) is 14.5. The Morgan fingerprint density at radius 3 is 2.08 bits per heavy atom. The summed E-state index contributed by atoms with van der Waals surface area (Å²) >= 11 is 0. The van der Waals surface area contributed by atoms with Crippen molar-refractivity contribution in [3.05, 3.63) is 42.0 Å². The summed E-state index contributed by atoms with van der Waals surface area (Å²) in [6.07, 6.45) is 8.57. The normalized spacial score (nSPS) is 21.7. The largest absolute Gasteiger partial charge is 0.444 e. The summed E-state index contributed by atoms with van der Waals surface area (Å²) in [4.78, 5) is 27.4. The van der Waals surface area contributed by atoms with Crippen molar-refractivity contribution in [2.45, 2.75) is 140 Å². The van der Waals surface area contributed by atoms with Gasteiger partial charge in [-0.25, -0.2) is 9.78 Å². The third-order valence-corrected chi connectivity index (χ3v) is 13.7. The highest BCUT2D eigenvalue weighted by atomic mass is 28.3. The second-order valence-electron chi connectivity index (χ2n) is 18.5. The van der Waals surface area contributed by atoms with E-state index in [1.54, 1.807) is 0 Å². The molecular weight excluding hydrogens is 677 g/mol. The SMILES string of the molecule is CC(C)(C)OC(=O)N1[C@@H]2CC[C@H]1C[C@H](c1cc(N(COCC[Si](C)(C)C)COCC[Si](C)(C)C)n3ncc(-c4ccc(C5(O)CC5)nc4)c3n1)C2. The summed E-state index contributed by atoms with van der Waals surface area (Å²) in [5.74, 6) is 1.04. The van der Waals surface area contributed by atoms with E-state index in [-0.39, 0.29) is 24.1 Å². The quantitative estimate of drug-likeness (QED) is 0.100. The van der Waals surface area contributed by atoms with Crippen LogP contribution in [0.15, 0.2) is 30.6 Å². The molecule has 2 bridgehead atoms. The topological polar surface area (TPSA) is 115 Å². The molecule has 6 rings (SSSR count). The number of ether oxygens (including phenoxy) is 3. The zero-order valence-corrected chi connectivity index (χ0v) is 34.4. The number of aromatic nitrogens is 4. The molecule has 3 aliphatic rings. The number of amides is 1. The fourth-order valence-corrected chi connectivity index (χ4v) is 8.63. The maximum atomic E-state index is 13.3. The Labute approximate surface area is 306 Å². The number of nitrogens with zero attached hydrogens (tertiary/aromatic N) is 6. The van der Waals surface area contributed by atoms with Crippen LogP contribution in [0, 0.1) is 0 Å². The summed E-state index contributed by atoms with van der Waals surface area (Å²) in [6, 6.07) is 8.50. The number of fused-ring (bicyclic) bond motifs is 3. The van der Waals surface area contributed by atoms with Crippen LogP contribution in [0.1, 0.15) is 76.6 Å². The Bertz CT molecular complexity index is 1640. The van der Waals surface area contributed by atoms with Crippen molar-refractivity contribution < 1.29 is 24.1 Å². The number of carbonyl (C=O) groups is 1. The Morgan fingerprint density at radius 1 is 0.961 bits per heavy atom. The molecule has 3 atom stereocenters. The summed E-state index contributed by atoms with van der Waals surface area (Å²) in [5, 5.41) is 15.5. The first-order chi connectivity index (χ1) is 23.9. The van der Waals surface area contributed by atoms with Gasteiger partial charge in [-0.05, 0) is 77.5 Å². The van der Waals surface area contributed by atoms with E-state index in [2.05, 4.69) is 55.2 Å². The lowest BCUT2D eigenvalue weighted by molar-refractivity contribution is 0.00568. The van der Waals surface area contributed by atoms with Gasteiger partial charge in [0.25, 0.3) is 0 Å². The lowest BCUT2D eigenvalue weighted by atomic mass is 9.88. The van der Waals surface area contributed by atoms with Crippen LogP contribution in [0.25, 0.3) is 16.8 Å². The van der Waals surface area contributed by atoms with E-state index in [9.17, 15) is 9.90 Å². The van der Waals surface area contributed by atoms with Gasteiger partial charge < -0.3 is 29.1 Å². The molecule has 11 nitrogen and oxygen atoms in total. The molecule has 1 N–H and O–H groups in total. The standard InChI is InChI=1S/C38H60N6O5Si2/c1-37(2,3)49-36(45)43-29-11-12-30(43)21-28(20-29)32-22-34(42(25-47-16-18-50(4,5)6)26-48-17-19-51(7,8)9)44-35(41-32)31(24-40-44)27-10-13-33(39-23-27)38(46)14-15-38/h10,13,22-24,28-30,46H,11-12,14-21,25-26H2,1-9H3/t28-,29-,30+. The van der Waals surface area contributed by atoms with Gasteiger partial charge in [-0.2, -0.15) is 9.61 Å². The Hall–Kier alpha value is -2.85. The van der Waals surface area contributed by atoms with Crippen LogP contribution < -0.4 is 4.90 Å². The maximum Gasteiger partial charge on any atom is 0.410 e. The van der Waals surface area contributed by atoms with Crippen molar-refractivity contribution in [1.82, 2.24) is 24.5 Å². The van der Waals surface area contributed by atoms with E-state index in [0.717, 1.165) is 78.9 Å². The van der Waals surface area contributed by atoms with Crippen molar-refractivity contribution in [3.63, 3.8) is 0 Å². The van der Waals surface area contributed by atoms with E-state index in [0.29, 0.717) is 32.4 Å². The molecule has 1 amide bonds. The first-order valence-corrected chi connectivity index (χ1v) is 26.3. The minimum Gasteiger partial charge on any atom is -0.444 e.